The molecule has 2 aromatic carbocycles. The number of anilines is 1. The quantitative estimate of drug-likeness (QED) is 0.443. The second-order valence-corrected chi connectivity index (χ2v) is 7.03. The van der Waals surface area contributed by atoms with E-state index in [-0.39, 0.29) is 5.91 Å². The van der Waals surface area contributed by atoms with E-state index in [2.05, 4.69) is 20.5 Å². The average Bonchev–Trinajstić information content (AvgIpc) is 3.16. The van der Waals surface area contributed by atoms with E-state index in [0.29, 0.717) is 55.2 Å². The molecule has 2 aromatic heterocycles. The number of amides is 1. The van der Waals surface area contributed by atoms with Crippen molar-refractivity contribution in [1.29, 1.82) is 0 Å². The number of H-pyrrole nitrogens is 1. The molecular formula is C21H16Cl2N4O3. The largest absolute Gasteiger partial charge is 0.495 e. The van der Waals surface area contributed by atoms with E-state index < -0.39 is 0 Å². The van der Waals surface area contributed by atoms with E-state index in [9.17, 15) is 4.79 Å². The minimum Gasteiger partial charge on any atom is -0.495 e. The van der Waals surface area contributed by atoms with Gasteiger partial charge in [0.25, 0.3) is 5.91 Å². The molecule has 4 aromatic rings. The third-order valence-electron chi connectivity index (χ3n) is 4.52. The number of methoxy groups -OCH3 is 2. The fourth-order valence-electron chi connectivity index (χ4n) is 3.02. The number of pyridine rings is 1. The van der Waals surface area contributed by atoms with Crippen molar-refractivity contribution >= 4 is 46.0 Å². The zero-order chi connectivity index (χ0) is 21.3. The van der Waals surface area contributed by atoms with Crippen LogP contribution < -0.4 is 14.8 Å². The number of nitrogens with zero attached hydrogens (tertiary/aromatic N) is 2. The van der Waals surface area contributed by atoms with E-state index in [1.165, 1.54) is 14.2 Å². The molecule has 0 fully saturated rings. The van der Waals surface area contributed by atoms with Crippen molar-refractivity contribution < 1.29 is 14.3 Å². The maximum atomic E-state index is 12.4. The van der Waals surface area contributed by atoms with E-state index in [0.717, 1.165) is 0 Å². The summed E-state index contributed by atoms with van der Waals surface area (Å²) in [6.45, 7) is 0. The number of rotatable bonds is 5. The molecule has 0 atom stereocenters. The number of nitrogens with one attached hydrogen (secondary N) is 2. The Hall–Kier alpha value is -3.29. The number of carbonyl (C=O) groups is 1. The Kier molecular flexibility index (Phi) is 5.48. The normalized spacial score (nSPS) is 10.8. The molecule has 4 rings (SSSR count). The molecule has 1 amide bonds. The second-order valence-electron chi connectivity index (χ2n) is 6.27. The standard InChI is InChI=1S/C21H16Cl2N4O3/c1-29-14-10-15(30-2)18(23)16(17(14)22)13-9-8-12-19(24-13)26-27-20(12)25-21(28)11-6-4-3-5-7-11/h3-10H,1-2H3,(H2,24,25,26,27,28). The van der Waals surface area contributed by atoms with Crippen LogP contribution in [0.25, 0.3) is 22.3 Å². The number of benzene rings is 2. The molecule has 0 bridgehead atoms. The summed E-state index contributed by atoms with van der Waals surface area (Å²) in [5.74, 6) is 0.931. The van der Waals surface area contributed by atoms with Crippen LogP contribution in [0.15, 0.2) is 48.5 Å². The van der Waals surface area contributed by atoms with Gasteiger partial charge in [-0.25, -0.2) is 4.98 Å². The van der Waals surface area contributed by atoms with Gasteiger partial charge in [0.15, 0.2) is 11.5 Å². The molecule has 7 nitrogen and oxygen atoms in total. The van der Waals surface area contributed by atoms with Crippen LogP contribution in [-0.2, 0) is 0 Å². The molecule has 0 spiro atoms. The van der Waals surface area contributed by atoms with Gasteiger partial charge >= 0.3 is 0 Å². The number of fused-ring (bicyclic) bond motifs is 1. The van der Waals surface area contributed by atoms with Gasteiger partial charge in [-0.05, 0) is 24.3 Å². The average molecular weight is 443 g/mol. The van der Waals surface area contributed by atoms with Crippen LogP contribution >= 0.6 is 23.2 Å². The van der Waals surface area contributed by atoms with Crippen LogP contribution in [0.2, 0.25) is 10.0 Å². The fraction of sp³-hybridized carbons (Fsp3) is 0.0952. The number of aromatic nitrogens is 3. The van der Waals surface area contributed by atoms with Crippen LogP contribution in [0.4, 0.5) is 5.82 Å². The number of carbonyl (C=O) groups excluding carboxylic acids is 1. The first-order chi connectivity index (χ1) is 14.5. The predicted molar refractivity (Wildman–Crippen MR) is 117 cm³/mol. The van der Waals surface area contributed by atoms with E-state index in [4.69, 9.17) is 32.7 Å². The maximum Gasteiger partial charge on any atom is 0.256 e. The van der Waals surface area contributed by atoms with Crippen LogP contribution in [0.1, 0.15) is 10.4 Å². The highest BCUT2D eigenvalue weighted by Crippen LogP contribution is 2.45. The van der Waals surface area contributed by atoms with Crippen molar-refractivity contribution in [3.63, 3.8) is 0 Å². The second kappa shape index (κ2) is 8.22. The lowest BCUT2D eigenvalue weighted by Crippen LogP contribution is -2.12. The molecule has 0 aliphatic rings. The molecule has 0 radical (unpaired) electrons. The van der Waals surface area contributed by atoms with Crippen LogP contribution in [-0.4, -0.2) is 35.3 Å². The topological polar surface area (TPSA) is 89.1 Å². The van der Waals surface area contributed by atoms with E-state index >= 15 is 0 Å². The number of aromatic amines is 1. The summed E-state index contributed by atoms with van der Waals surface area (Å²) in [4.78, 5) is 17.0. The number of hydrogen-bond donors (Lipinski definition) is 2. The first kappa shape index (κ1) is 20.0. The zero-order valence-corrected chi connectivity index (χ0v) is 17.5. The summed E-state index contributed by atoms with van der Waals surface area (Å²) in [7, 11) is 3.01. The maximum absolute atomic E-state index is 12.4. The zero-order valence-electron chi connectivity index (χ0n) is 16.0. The van der Waals surface area contributed by atoms with Crippen molar-refractivity contribution in [2.75, 3.05) is 19.5 Å². The van der Waals surface area contributed by atoms with Gasteiger partial charge in [0.05, 0.1) is 35.3 Å². The van der Waals surface area contributed by atoms with Gasteiger partial charge in [-0.15, -0.1) is 0 Å². The molecule has 2 heterocycles. The Labute approximate surface area is 181 Å². The highest BCUT2D eigenvalue weighted by atomic mass is 35.5. The lowest BCUT2D eigenvalue weighted by molar-refractivity contribution is 0.102. The Bertz CT molecular complexity index is 1210. The van der Waals surface area contributed by atoms with Gasteiger partial charge in [0.1, 0.15) is 11.5 Å². The Morgan fingerprint density at radius 1 is 1.00 bits per heavy atom. The molecule has 0 saturated heterocycles. The lowest BCUT2D eigenvalue weighted by atomic mass is 10.1. The summed E-state index contributed by atoms with van der Waals surface area (Å²) in [6, 6.07) is 14.0. The highest BCUT2D eigenvalue weighted by Gasteiger charge is 2.21. The van der Waals surface area contributed by atoms with Gasteiger partial charge in [-0.1, -0.05) is 41.4 Å². The molecule has 0 saturated carbocycles. The van der Waals surface area contributed by atoms with Crippen LogP contribution in [0.3, 0.4) is 0 Å². The Morgan fingerprint density at radius 2 is 1.67 bits per heavy atom. The van der Waals surface area contributed by atoms with Crippen LogP contribution in [0, 0.1) is 0 Å². The van der Waals surface area contributed by atoms with E-state index in [1.807, 2.05) is 6.07 Å². The predicted octanol–water partition coefficient (Wildman–Crippen LogP) is 5.20. The molecule has 30 heavy (non-hydrogen) atoms. The lowest BCUT2D eigenvalue weighted by Gasteiger charge is -2.14. The summed E-state index contributed by atoms with van der Waals surface area (Å²) in [6.07, 6.45) is 0. The third-order valence-corrected chi connectivity index (χ3v) is 5.27. The highest BCUT2D eigenvalue weighted by molar-refractivity contribution is 6.41. The summed E-state index contributed by atoms with van der Waals surface area (Å²) >= 11 is 13.0. The minimum atomic E-state index is -0.267. The first-order valence-corrected chi connectivity index (χ1v) is 9.61. The molecule has 2 N–H and O–H groups in total. The van der Waals surface area contributed by atoms with Crippen molar-refractivity contribution in [2.24, 2.45) is 0 Å². The molecule has 0 unspecified atom stereocenters. The molecular weight excluding hydrogens is 427 g/mol. The van der Waals surface area contributed by atoms with Gasteiger partial charge in [-0.2, -0.15) is 5.10 Å². The summed E-state index contributed by atoms with van der Waals surface area (Å²) in [5, 5.41) is 11.1. The van der Waals surface area contributed by atoms with Gasteiger partial charge in [0, 0.05) is 17.2 Å². The van der Waals surface area contributed by atoms with E-state index in [1.54, 1.807) is 42.5 Å². The first-order valence-electron chi connectivity index (χ1n) is 8.85. The molecule has 9 heteroatoms. The van der Waals surface area contributed by atoms with Gasteiger partial charge in [-0.3, -0.25) is 9.89 Å². The Morgan fingerprint density at radius 3 is 2.30 bits per heavy atom. The fourth-order valence-corrected chi connectivity index (χ4v) is 3.71. The monoisotopic (exact) mass is 442 g/mol. The smallest absolute Gasteiger partial charge is 0.256 e. The van der Waals surface area contributed by atoms with Crippen molar-refractivity contribution in [2.45, 2.75) is 0 Å². The Balaban J connectivity index is 1.74. The molecule has 0 aliphatic carbocycles. The molecule has 0 aliphatic heterocycles. The van der Waals surface area contributed by atoms with Gasteiger partial charge < -0.3 is 14.8 Å². The van der Waals surface area contributed by atoms with Gasteiger partial charge in [0.2, 0.25) is 0 Å². The number of ether oxygens (including phenoxy) is 2. The van der Waals surface area contributed by atoms with Crippen LogP contribution in [0.5, 0.6) is 11.5 Å². The van der Waals surface area contributed by atoms with Crippen molar-refractivity contribution in [3.05, 3.63) is 64.1 Å². The number of hydrogen-bond acceptors (Lipinski definition) is 5. The number of halogens is 2. The SMILES string of the molecule is COc1cc(OC)c(Cl)c(-c2ccc3c(NC(=O)c4ccccc4)n[nH]c3n2)c1Cl. The minimum absolute atomic E-state index is 0.267. The van der Waals surface area contributed by atoms with Crippen molar-refractivity contribution in [1.82, 2.24) is 15.2 Å². The van der Waals surface area contributed by atoms with Crippen molar-refractivity contribution in [3.8, 4) is 22.8 Å². The summed E-state index contributed by atoms with van der Waals surface area (Å²) in [5.41, 5.74) is 1.96. The summed E-state index contributed by atoms with van der Waals surface area (Å²) < 4.78 is 10.6. The molecule has 152 valence electrons. The third kappa shape index (κ3) is 3.53.